The van der Waals surface area contributed by atoms with Crippen molar-refractivity contribution in [1.82, 2.24) is 14.2 Å². The number of sulfonamides is 1. The molecule has 0 aliphatic carbocycles. The van der Waals surface area contributed by atoms with E-state index in [9.17, 15) is 8.42 Å². The average Bonchev–Trinajstić information content (AvgIpc) is 2.85. The number of rotatable bonds is 6. The quantitative estimate of drug-likeness (QED) is 0.837. The van der Waals surface area contributed by atoms with Crippen LogP contribution in [0.1, 0.15) is 19.0 Å². The van der Waals surface area contributed by atoms with Crippen molar-refractivity contribution in [1.29, 1.82) is 0 Å². The highest BCUT2D eigenvalue weighted by Gasteiger charge is 2.27. The third-order valence-electron chi connectivity index (χ3n) is 3.39. The molecule has 0 bridgehead atoms. The Kier molecular flexibility index (Phi) is 5.20. The summed E-state index contributed by atoms with van der Waals surface area (Å²) in [6.45, 7) is 5.38. The van der Waals surface area contributed by atoms with Crippen LogP contribution in [-0.2, 0) is 27.8 Å². The predicted octanol–water partition coefficient (Wildman–Crippen LogP) is 0.638. The first-order chi connectivity index (χ1) is 9.59. The number of nitrogens with one attached hydrogen (secondary N) is 1. The van der Waals surface area contributed by atoms with E-state index in [1.807, 2.05) is 11.6 Å². The van der Waals surface area contributed by atoms with Gasteiger partial charge < -0.3 is 14.6 Å². The molecule has 0 amide bonds. The van der Waals surface area contributed by atoms with E-state index in [0.717, 1.165) is 18.7 Å². The van der Waals surface area contributed by atoms with Crippen molar-refractivity contribution >= 4 is 10.0 Å². The summed E-state index contributed by atoms with van der Waals surface area (Å²) in [6.07, 6.45) is 2.73. The highest BCUT2D eigenvalue weighted by atomic mass is 32.2. The molecule has 1 aromatic heterocycles. The molecule has 1 N–H and O–H groups in total. The maximum Gasteiger partial charge on any atom is 0.244 e. The first-order valence-electron chi connectivity index (χ1n) is 7.01. The standard InChI is InChI=1S/C13H23N3O3S/c1-3-4-15-11-13(9-12(15)10-14-2)20(17,18)16-5-7-19-8-6-16/h9,11,14H,3-8,10H2,1-2H3. The summed E-state index contributed by atoms with van der Waals surface area (Å²) in [6, 6.07) is 1.77. The minimum Gasteiger partial charge on any atom is -0.379 e. The first-order valence-corrected chi connectivity index (χ1v) is 8.45. The van der Waals surface area contributed by atoms with Crippen LogP contribution in [0.5, 0.6) is 0 Å². The second kappa shape index (κ2) is 6.71. The number of aromatic nitrogens is 1. The lowest BCUT2D eigenvalue weighted by Gasteiger charge is -2.25. The van der Waals surface area contributed by atoms with Gasteiger partial charge in [-0.1, -0.05) is 6.92 Å². The smallest absolute Gasteiger partial charge is 0.244 e. The molecule has 1 aromatic rings. The Morgan fingerprint density at radius 3 is 2.65 bits per heavy atom. The van der Waals surface area contributed by atoms with Gasteiger partial charge in [0, 0.05) is 38.1 Å². The second-order valence-corrected chi connectivity index (χ2v) is 6.85. The molecular formula is C13H23N3O3S. The lowest BCUT2D eigenvalue weighted by atomic mass is 10.4. The Bertz CT molecular complexity index is 510. The van der Waals surface area contributed by atoms with Crippen LogP contribution in [0.3, 0.4) is 0 Å². The molecule has 0 atom stereocenters. The number of aryl methyl sites for hydroxylation is 1. The molecule has 2 heterocycles. The van der Waals surface area contributed by atoms with Crippen LogP contribution in [0.4, 0.5) is 0 Å². The van der Waals surface area contributed by atoms with Crippen molar-refractivity contribution in [2.75, 3.05) is 33.4 Å². The fraction of sp³-hybridized carbons (Fsp3) is 0.692. The zero-order valence-electron chi connectivity index (χ0n) is 12.1. The third-order valence-corrected chi connectivity index (χ3v) is 5.26. The number of ether oxygens (including phenoxy) is 1. The van der Waals surface area contributed by atoms with E-state index in [2.05, 4.69) is 12.2 Å². The molecule has 1 saturated heterocycles. The van der Waals surface area contributed by atoms with Crippen LogP contribution in [0.15, 0.2) is 17.2 Å². The van der Waals surface area contributed by atoms with Gasteiger partial charge in [0.1, 0.15) is 4.90 Å². The molecule has 2 rings (SSSR count). The van der Waals surface area contributed by atoms with Gasteiger partial charge in [0.25, 0.3) is 0 Å². The summed E-state index contributed by atoms with van der Waals surface area (Å²) >= 11 is 0. The number of hydrogen-bond acceptors (Lipinski definition) is 4. The van der Waals surface area contributed by atoms with Gasteiger partial charge in [-0.2, -0.15) is 4.31 Å². The van der Waals surface area contributed by atoms with E-state index in [-0.39, 0.29) is 0 Å². The molecule has 6 nitrogen and oxygen atoms in total. The van der Waals surface area contributed by atoms with E-state index in [4.69, 9.17) is 4.74 Å². The van der Waals surface area contributed by atoms with Crippen LogP contribution in [-0.4, -0.2) is 50.6 Å². The Balaban J connectivity index is 2.28. The molecule has 7 heteroatoms. The van der Waals surface area contributed by atoms with Gasteiger partial charge in [-0.15, -0.1) is 0 Å². The molecule has 20 heavy (non-hydrogen) atoms. The van der Waals surface area contributed by atoms with Crippen LogP contribution in [0.2, 0.25) is 0 Å². The maximum atomic E-state index is 12.6. The molecule has 0 radical (unpaired) electrons. The zero-order valence-corrected chi connectivity index (χ0v) is 12.9. The van der Waals surface area contributed by atoms with Gasteiger partial charge in [-0.05, 0) is 19.5 Å². The summed E-state index contributed by atoms with van der Waals surface area (Å²) in [5.74, 6) is 0. The van der Waals surface area contributed by atoms with Crippen LogP contribution >= 0.6 is 0 Å². The highest BCUT2D eigenvalue weighted by Crippen LogP contribution is 2.20. The van der Waals surface area contributed by atoms with Crippen LogP contribution in [0, 0.1) is 0 Å². The van der Waals surface area contributed by atoms with Crippen molar-refractivity contribution < 1.29 is 13.2 Å². The zero-order chi connectivity index (χ0) is 14.6. The Hall–Kier alpha value is -0.890. The predicted molar refractivity (Wildman–Crippen MR) is 77.1 cm³/mol. The van der Waals surface area contributed by atoms with E-state index >= 15 is 0 Å². The van der Waals surface area contributed by atoms with Crippen LogP contribution < -0.4 is 5.32 Å². The SMILES string of the molecule is CCCn1cc(S(=O)(=O)N2CCOCC2)cc1CNC. The molecule has 0 spiro atoms. The number of hydrogen-bond donors (Lipinski definition) is 1. The Morgan fingerprint density at radius 2 is 2.05 bits per heavy atom. The normalized spacial score (nSPS) is 17.5. The van der Waals surface area contributed by atoms with Gasteiger partial charge in [-0.25, -0.2) is 8.42 Å². The summed E-state index contributed by atoms with van der Waals surface area (Å²) in [7, 11) is -1.54. The fourth-order valence-corrected chi connectivity index (χ4v) is 3.85. The van der Waals surface area contributed by atoms with Crippen molar-refractivity contribution in [2.45, 2.75) is 31.3 Å². The molecule has 114 valence electrons. The molecule has 1 aliphatic rings. The van der Waals surface area contributed by atoms with Crippen molar-refractivity contribution in [3.8, 4) is 0 Å². The summed E-state index contributed by atoms with van der Waals surface area (Å²) in [5, 5.41) is 3.08. The van der Waals surface area contributed by atoms with Gasteiger partial charge in [0.05, 0.1) is 13.2 Å². The van der Waals surface area contributed by atoms with Gasteiger partial charge in [0.15, 0.2) is 0 Å². The lowest BCUT2D eigenvalue weighted by Crippen LogP contribution is -2.40. The Morgan fingerprint density at radius 1 is 1.35 bits per heavy atom. The minimum atomic E-state index is -3.40. The molecule has 0 aromatic carbocycles. The minimum absolute atomic E-state index is 0.387. The summed E-state index contributed by atoms with van der Waals surface area (Å²) < 4.78 is 33.9. The monoisotopic (exact) mass is 301 g/mol. The van der Waals surface area contributed by atoms with Crippen LogP contribution in [0.25, 0.3) is 0 Å². The van der Waals surface area contributed by atoms with E-state index in [1.165, 1.54) is 4.31 Å². The third kappa shape index (κ3) is 3.22. The van der Waals surface area contributed by atoms with Crippen molar-refractivity contribution in [3.63, 3.8) is 0 Å². The highest BCUT2D eigenvalue weighted by molar-refractivity contribution is 7.89. The van der Waals surface area contributed by atoms with Crippen molar-refractivity contribution in [2.24, 2.45) is 0 Å². The van der Waals surface area contributed by atoms with Gasteiger partial charge in [-0.3, -0.25) is 0 Å². The number of morpholine rings is 1. The fourth-order valence-electron chi connectivity index (χ4n) is 2.38. The van der Waals surface area contributed by atoms with Crippen molar-refractivity contribution in [3.05, 3.63) is 18.0 Å². The number of nitrogens with zero attached hydrogens (tertiary/aromatic N) is 2. The molecular weight excluding hydrogens is 278 g/mol. The Labute approximate surface area is 120 Å². The second-order valence-electron chi connectivity index (χ2n) is 4.91. The average molecular weight is 301 g/mol. The van der Waals surface area contributed by atoms with Gasteiger partial charge in [0.2, 0.25) is 10.0 Å². The van der Waals surface area contributed by atoms with Gasteiger partial charge >= 0.3 is 0 Å². The lowest BCUT2D eigenvalue weighted by molar-refractivity contribution is 0.0730. The summed E-state index contributed by atoms with van der Waals surface area (Å²) in [4.78, 5) is 0.387. The molecule has 0 unspecified atom stereocenters. The maximum absolute atomic E-state index is 12.6. The largest absolute Gasteiger partial charge is 0.379 e. The first kappa shape index (κ1) is 15.5. The topological polar surface area (TPSA) is 63.6 Å². The molecule has 0 saturated carbocycles. The van der Waals surface area contributed by atoms with E-state index in [1.54, 1.807) is 12.3 Å². The van der Waals surface area contributed by atoms with E-state index < -0.39 is 10.0 Å². The molecule has 1 aliphatic heterocycles. The van der Waals surface area contributed by atoms with E-state index in [0.29, 0.717) is 37.7 Å². The molecule has 1 fully saturated rings. The summed E-state index contributed by atoms with van der Waals surface area (Å²) in [5.41, 5.74) is 1.00.